The lowest BCUT2D eigenvalue weighted by molar-refractivity contribution is 0.160. The van der Waals surface area contributed by atoms with Gasteiger partial charge in [-0.3, -0.25) is 0 Å². The fourth-order valence-corrected chi connectivity index (χ4v) is 4.14. The molecule has 4 heteroatoms. The molecular weight excluding hydrogens is 244 g/mol. The Balaban J connectivity index is 1.78. The van der Waals surface area contributed by atoms with Crippen LogP contribution >= 0.6 is 11.3 Å². The van der Waals surface area contributed by atoms with E-state index in [0.717, 1.165) is 48.1 Å². The van der Waals surface area contributed by atoms with Gasteiger partial charge in [0.1, 0.15) is 0 Å². The van der Waals surface area contributed by atoms with Crippen molar-refractivity contribution in [2.24, 2.45) is 0 Å². The van der Waals surface area contributed by atoms with Gasteiger partial charge in [-0.05, 0) is 32.1 Å². The zero-order chi connectivity index (χ0) is 12.4. The highest BCUT2D eigenvalue weighted by Crippen LogP contribution is 2.37. The maximum absolute atomic E-state index is 10.0. The van der Waals surface area contributed by atoms with Gasteiger partial charge in [0, 0.05) is 13.1 Å². The Kier molecular flexibility index (Phi) is 3.85. The van der Waals surface area contributed by atoms with Crippen LogP contribution in [0.5, 0.6) is 0 Å². The third kappa shape index (κ3) is 2.54. The molecule has 0 saturated carbocycles. The van der Waals surface area contributed by atoms with Crippen LogP contribution in [0.15, 0.2) is 0 Å². The average Bonchev–Trinajstić information content (AvgIpc) is 2.73. The number of hydrogen-bond acceptors (Lipinski definition) is 4. The van der Waals surface area contributed by atoms with E-state index in [1.807, 2.05) is 0 Å². The number of rotatable bonds is 1. The van der Waals surface area contributed by atoms with E-state index in [9.17, 15) is 5.11 Å². The first-order valence-corrected chi connectivity index (χ1v) is 8.09. The Morgan fingerprint density at radius 1 is 1.06 bits per heavy atom. The van der Waals surface area contributed by atoms with Crippen LogP contribution in [0.1, 0.15) is 61.6 Å². The predicted octanol–water partition coefficient (Wildman–Crippen LogP) is 3.28. The Bertz CT molecular complexity index is 396. The van der Waals surface area contributed by atoms with E-state index in [-0.39, 0.29) is 6.10 Å². The van der Waals surface area contributed by atoms with E-state index >= 15 is 0 Å². The molecule has 1 aliphatic carbocycles. The molecule has 0 aromatic carbocycles. The molecule has 18 heavy (non-hydrogen) atoms. The van der Waals surface area contributed by atoms with Gasteiger partial charge in [-0.15, -0.1) is 0 Å². The van der Waals surface area contributed by atoms with E-state index in [0.29, 0.717) is 0 Å². The summed E-state index contributed by atoms with van der Waals surface area (Å²) in [6.07, 6.45) is 9.45. The van der Waals surface area contributed by atoms with Gasteiger partial charge in [0.25, 0.3) is 0 Å². The van der Waals surface area contributed by atoms with E-state index in [1.54, 1.807) is 11.3 Å². The molecule has 2 heterocycles. The summed E-state index contributed by atoms with van der Waals surface area (Å²) in [5.74, 6) is 0. The van der Waals surface area contributed by atoms with Gasteiger partial charge < -0.3 is 10.0 Å². The lowest BCUT2D eigenvalue weighted by Crippen LogP contribution is -2.26. The third-order valence-electron chi connectivity index (χ3n) is 4.04. The highest BCUT2D eigenvalue weighted by atomic mass is 32.1. The zero-order valence-electron chi connectivity index (χ0n) is 10.9. The van der Waals surface area contributed by atoms with Crippen molar-refractivity contribution in [3.05, 3.63) is 10.6 Å². The summed E-state index contributed by atoms with van der Waals surface area (Å²) in [5, 5.41) is 11.2. The molecule has 0 radical (unpaired) electrons. The SMILES string of the molecule is OC1CCCc2nc(N3CCCCCCC3)sc21. The summed E-state index contributed by atoms with van der Waals surface area (Å²) in [4.78, 5) is 8.36. The second-order valence-corrected chi connectivity index (χ2v) is 6.48. The van der Waals surface area contributed by atoms with Crippen molar-refractivity contribution in [2.45, 2.75) is 57.5 Å². The molecule has 0 amide bonds. The first kappa shape index (κ1) is 12.4. The van der Waals surface area contributed by atoms with Gasteiger partial charge in [0.2, 0.25) is 0 Å². The quantitative estimate of drug-likeness (QED) is 0.847. The van der Waals surface area contributed by atoms with Crippen molar-refractivity contribution >= 4 is 16.5 Å². The number of aromatic nitrogens is 1. The highest BCUT2D eigenvalue weighted by molar-refractivity contribution is 7.15. The fourth-order valence-electron chi connectivity index (χ4n) is 2.96. The molecule has 1 aromatic rings. The molecular formula is C14H22N2OS. The number of aliphatic hydroxyl groups excluding tert-OH is 1. The Labute approximate surface area is 113 Å². The summed E-state index contributed by atoms with van der Waals surface area (Å²) in [7, 11) is 0. The van der Waals surface area contributed by atoms with Crippen molar-refractivity contribution in [1.82, 2.24) is 4.98 Å². The van der Waals surface area contributed by atoms with Gasteiger partial charge >= 0.3 is 0 Å². The predicted molar refractivity (Wildman–Crippen MR) is 75.3 cm³/mol. The Hall–Kier alpha value is -0.610. The average molecular weight is 266 g/mol. The van der Waals surface area contributed by atoms with Crippen LogP contribution in [0.2, 0.25) is 0 Å². The smallest absolute Gasteiger partial charge is 0.185 e. The minimum Gasteiger partial charge on any atom is -0.388 e. The molecule has 1 atom stereocenters. The number of anilines is 1. The number of aliphatic hydroxyl groups is 1. The summed E-state index contributed by atoms with van der Waals surface area (Å²) in [6, 6.07) is 0. The number of nitrogens with zero attached hydrogens (tertiary/aromatic N) is 2. The molecule has 3 rings (SSSR count). The second kappa shape index (κ2) is 5.57. The first-order valence-electron chi connectivity index (χ1n) is 7.27. The standard InChI is InChI=1S/C14H22N2OS/c17-12-8-6-7-11-13(12)18-14(15-11)16-9-4-2-1-3-5-10-16/h12,17H,1-10H2. The largest absolute Gasteiger partial charge is 0.388 e. The second-order valence-electron chi connectivity index (χ2n) is 5.47. The summed E-state index contributed by atoms with van der Waals surface area (Å²) >= 11 is 1.73. The van der Waals surface area contributed by atoms with Gasteiger partial charge in [0.05, 0.1) is 16.7 Å². The van der Waals surface area contributed by atoms with Gasteiger partial charge in [0.15, 0.2) is 5.13 Å². The molecule has 3 nitrogen and oxygen atoms in total. The molecule has 0 bridgehead atoms. The minimum atomic E-state index is -0.255. The molecule has 100 valence electrons. The van der Waals surface area contributed by atoms with Gasteiger partial charge in [-0.2, -0.15) is 0 Å². The molecule has 2 aliphatic rings. The van der Waals surface area contributed by atoms with Crippen LogP contribution in [0.3, 0.4) is 0 Å². The van der Waals surface area contributed by atoms with E-state index in [4.69, 9.17) is 4.98 Å². The topological polar surface area (TPSA) is 36.4 Å². The first-order chi connectivity index (χ1) is 8.84. The molecule has 1 fully saturated rings. The van der Waals surface area contributed by atoms with Gasteiger partial charge in [-0.25, -0.2) is 4.98 Å². The third-order valence-corrected chi connectivity index (χ3v) is 5.30. The lowest BCUT2D eigenvalue weighted by atomic mass is 10.0. The van der Waals surface area contributed by atoms with Crippen molar-refractivity contribution in [3.63, 3.8) is 0 Å². The van der Waals surface area contributed by atoms with E-state index in [1.165, 1.54) is 32.1 Å². The monoisotopic (exact) mass is 266 g/mol. The van der Waals surface area contributed by atoms with Crippen LogP contribution in [-0.4, -0.2) is 23.2 Å². The maximum Gasteiger partial charge on any atom is 0.185 e. The summed E-state index contributed by atoms with van der Waals surface area (Å²) in [5.41, 5.74) is 1.16. The van der Waals surface area contributed by atoms with Crippen molar-refractivity contribution < 1.29 is 5.11 Å². The number of hydrogen-bond donors (Lipinski definition) is 1. The fraction of sp³-hybridized carbons (Fsp3) is 0.786. The van der Waals surface area contributed by atoms with Crippen LogP contribution in [0, 0.1) is 0 Å². The van der Waals surface area contributed by atoms with Crippen LogP contribution in [-0.2, 0) is 6.42 Å². The van der Waals surface area contributed by atoms with Crippen LogP contribution < -0.4 is 4.90 Å². The number of fused-ring (bicyclic) bond motifs is 1. The maximum atomic E-state index is 10.0. The molecule has 0 spiro atoms. The zero-order valence-corrected chi connectivity index (χ0v) is 11.7. The molecule has 1 unspecified atom stereocenters. The van der Waals surface area contributed by atoms with Crippen molar-refractivity contribution in [2.75, 3.05) is 18.0 Å². The van der Waals surface area contributed by atoms with Crippen LogP contribution in [0.4, 0.5) is 5.13 Å². The van der Waals surface area contributed by atoms with Gasteiger partial charge in [-0.1, -0.05) is 30.6 Å². The minimum absolute atomic E-state index is 0.255. The summed E-state index contributed by atoms with van der Waals surface area (Å²) < 4.78 is 0. The Morgan fingerprint density at radius 2 is 1.78 bits per heavy atom. The lowest BCUT2D eigenvalue weighted by Gasteiger charge is -2.23. The van der Waals surface area contributed by atoms with E-state index < -0.39 is 0 Å². The molecule has 1 saturated heterocycles. The van der Waals surface area contributed by atoms with E-state index in [2.05, 4.69) is 4.90 Å². The highest BCUT2D eigenvalue weighted by Gasteiger charge is 2.24. The van der Waals surface area contributed by atoms with Crippen LogP contribution in [0.25, 0.3) is 0 Å². The molecule has 1 N–H and O–H groups in total. The number of aryl methyl sites for hydroxylation is 1. The molecule has 1 aromatic heterocycles. The Morgan fingerprint density at radius 3 is 2.50 bits per heavy atom. The van der Waals surface area contributed by atoms with Crippen molar-refractivity contribution in [3.8, 4) is 0 Å². The normalized spacial score (nSPS) is 25.4. The number of thiazole rings is 1. The van der Waals surface area contributed by atoms with Crippen molar-refractivity contribution in [1.29, 1.82) is 0 Å². The molecule has 1 aliphatic heterocycles. The summed E-state index contributed by atoms with van der Waals surface area (Å²) in [6.45, 7) is 2.28.